The van der Waals surface area contributed by atoms with E-state index in [4.69, 9.17) is 14.5 Å². The summed E-state index contributed by atoms with van der Waals surface area (Å²) in [6.07, 6.45) is -5.19. The van der Waals surface area contributed by atoms with Gasteiger partial charge in [0.2, 0.25) is 12.3 Å². The van der Waals surface area contributed by atoms with Gasteiger partial charge in [0.25, 0.3) is 0 Å². The smallest absolute Gasteiger partial charge is 0.387 e. The van der Waals surface area contributed by atoms with E-state index in [2.05, 4.69) is 15.2 Å². The molecule has 1 aliphatic rings. The van der Waals surface area contributed by atoms with Gasteiger partial charge in [-0.2, -0.15) is 0 Å². The summed E-state index contributed by atoms with van der Waals surface area (Å²) in [5.41, 5.74) is 0. The highest BCUT2D eigenvalue weighted by atomic mass is 31.2. The van der Waals surface area contributed by atoms with E-state index < -0.39 is 44.9 Å². The van der Waals surface area contributed by atoms with Gasteiger partial charge in [-0.1, -0.05) is 0 Å². The van der Waals surface area contributed by atoms with E-state index in [1.54, 1.807) is 0 Å². The van der Waals surface area contributed by atoms with Gasteiger partial charge in [-0.05, 0) is 0 Å². The highest BCUT2D eigenvalue weighted by Crippen LogP contribution is 2.37. The summed E-state index contributed by atoms with van der Waals surface area (Å²) >= 11 is 0. The Hall–Kier alpha value is -1.07. The molecule has 0 saturated carbocycles. The van der Waals surface area contributed by atoms with E-state index in [9.17, 15) is 24.4 Å². The van der Waals surface area contributed by atoms with Crippen molar-refractivity contribution in [2.24, 2.45) is 0 Å². The molecule has 20 heavy (non-hydrogen) atoms. The van der Waals surface area contributed by atoms with Crippen LogP contribution in [0.4, 0.5) is 0 Å². The summed E-state index contributed by atoms with van der Waals surface area (Å²) in [5, 5.41) is 23.4. The number of ether oxygens (including phenoxy) is 1. The van der Waals surface area contributed by atoms with Crippen LogP contribution in [0.25, 0.3) is 0 Å². The molecule has 6 N–H and O–H groups in total. The molecular formula is C8H15N2O9P. The zero-order valence-electron chi connectivity index (χ0n) is 10.1. The van der Waals surface area contributed by atoms with Crippen molar-refractivity contribution in [1.29, 1.82) is 0 Å². The van der Waals surface area contributed by atoms with Crippen LogP contribution in [0.15, 0.2) is 0 Å². The van der Waals surface area contributed by atoms with Crippen molar-refractivity contribution < 1.29 is 43.4 Å². The minimum absolute atomic E-state index is 0.303. The molecule has 1 fully saturated rings. The van der Waals surface area contributed by atoms with E-state index >= 15 is 0 Å². The van der Waals surface area contributed by atoms with Crippen LogP contribution in [0.2, 0.25) is 0 Å². The third-order valence-corrected chi connectivity index (χ3v) is 2.90. The quantitative estimate of drug-likeness (QED) is 0.205. The fraction of sp³-hybridized carbons (Fsp3) is 0.750. The zero-order chi connectivity index (χ0) is 15.3. The van der Waals surface area contributed by atoms with Crippen LogP contribution in [-0.2, 0) is 23.4 Å². The van der Waals surface area contributed by atoms with Crippen LogP contribution < -0.4 is 10.6 Å². The van der Waals surface area contributed by atoms with Crippen molar-refractivity contribution in [3.63, 3.8) is 0 Å². The second-order valence-corrected chi connectivity index (χ2v) is 5.17. The van der Waals surface area contributed by atoms with E-state index in [0.717, 1.165) is 0 Å². The molecule has 0 aromatic carbocycles. The van der Waals surface area contributed by atoms with Crippen LogP contribution in [0.1, 0.15) is 0 Å². The lowest BCUT2D eigenvalue weighted by molar-refractivity contribution is -0.127. The first kappa shape index (κ1) is 17.0. The number of hydrogen-bond donors (Lipinski definition) is 6. The highest BCUT2D eigenvalue weighted by molar-refractivity contribution is 7.46. The van der Waals surface area contributed by atoms with Crippen molar-refractivity contribution in [2.75, 3.05) is 13.2 Å². The van der Waals surface area contributed by atoms with Crippen molar-refractivity contribution >= 4 is 20.1 Å². The summed E-state index contributed by atoms with van der Waals surface area (Å²) in [4.78, 5) is 38.3. The number of amides is 2. The molecule has 0 aromatic heterocycles. The molecule has 1 aliphatic heterocycles. The van der Waals surface area contributed by atoms with Crippen LogP contribution in [0.5, 0.6) is 0 Å². The Balaban J connectivity index is 2.49. The molecular weight excluding hydrogens is 299 g/mol. The molecule has 0 aliphatic carbocycles. The molecule has 1 saturated heterocycles. The van der Waals surface area contributed by atoms with E-state index in [1.165, 1.54) is 0 Å². The van der Waals surface area contributed by atoms with E-state index in [1.807, 2.05) is 0 Å². The van der Waals surface area contributed by atoms with Gasteiger partial charge in [-0.15, -0.1) is 0 Å². The minimum Gasteiger partial charge on any atom is -0.387 e. The number of aliphatic hydroxyl groups is 2. The molecule has 0 aromatic rings. The van der Waals surface area contributed by atoms with Gasteiger partial charge in [0, 0.05) is 0 Å². The zero-order valence-corrected chi connectivity index (χ0v) is 11.0. The Bertz CT molecular complexity index is 399. The Morgan fingerprint density at radius 1 is 1.35 bits per heavy atom. The molecule has 0 radical (unpaired) electrons. The summed E-state index contributed by atoms with van der Waals surface area (Å²) in [6, 6.07) is 0. The highest BCUT2D eigenvalue weighted by Gasteiger charge is 2.44. The van der Waals surface area contributed by atoms with E-state index in [0.29, 0.717) is 6.41 Å². The number of rotatable bonds is 7. The molecule has 1 heterocycles. The Labute approximate surface area is 113 Å². The number of hydrogen-bond acceptors (Lipinski definition) is 7. The monoisotopic (exact) mass is 314 g/mol. The third kappa shape index (κ3) is 5.13. The molecule has 116 valence electrons. The van der Waals surface area contributed by atoms with E-state index in [-0.39, 0.29) is 6.54 Å². The first-order valence-corrected chi connectivity index (χ1v) is 6.95. The number of nitrogens with one attached hydrogen (secondary N) is 2. The van der Waals surface area contributed by atoms with Gasteiger partial charge in [0.05, 0.1) is 13.2 Å². The summed E-state index contributed by atoms with van der Waals surface area (Å²) in [5.74, 6) is -0.676. The predicted molar refractivity (Wildman–Crippen MR) is 60.9 cm³/mol. The minimum atomic E-state index is -4.74. The molecule has 4 atom stereocenters. The van der Waals surface area contributed by atoms with Gasteiger partial charge in [0.15, 0.2) is 6.23 Å². The normalized spacial score (nSPS) is 30.0. The lowest BCUT2D eigenvalue weighted by Gasteiger charge is -2.16. The average Bonchev–Trinajstić information content (AvgIpc) is 2.61. The van der Waals surface area contributed by atoms with Crippen molar-refractivity contribution in [3.8, 4) is 0 Å². The molecule has 0 bridgehead atoms. The third-order valence-electron chi connectivity index (χ3n) is 2.42. The lowest BCUT2D eigenvalue weighted by atomic mass is 10.1. The molecule has 2 amide bonds. The van der Waals surface area contributed by atoms with Gasteiger partial charge in [-0.3, -0.25) is 14.1 Å². The largest absolute Gasteiger partial charge is 0.469 e. The average molecular weight is 314 g/mol. The van der Waals surface area contributed by atoms with Crippen LogP contribution in [0.3, 0.4) is 0 Å². The fourth-order valence-electron chi connectivity index (χ4n) is 1.52. The molecule has 0 spiro atoms. The maximum atomic E-state index is 11.3. The number of carbonyl (C=O) groups is 2. The molecule has 12 heteroatoms. The van der Waals surface area contributed by atoms with Gasteiger partial charge in [0.1, 0.15) is 18.3 Å². The summed E-state index contributed by atoms with van der Waals surface area (Å²) in [7, 11) is -4.74. The fourth-order valence-corrected chi connectivity index (χ4v) is 1.86. The maximum absolute atomic E-state index is 11.3. The number of phosphoric ester groups is 1. The maximum Gasteiger partial charge on any atom is 0.469 e. The van der Waals surface area contributed by atoms with Gasteiger partial charge < -0.3 is 35.4 Å². The topological polar surface area (TPSA) is 175 Å². The molecule has 1 unspecified atom stereocenters. The standard InChI is InChI=1S/C8H15N2O9P/c11-3-9-1-5(12)10-8-7(14)6(13)4(19-8)2-18-20(15,16)17/h3-4,6-8,13-14H,1-2H2,(H,9,11)(H,10,12)(H2,15,16,17)/t4-,6-,7-,8?/m1/s1. The second kappa shape index (κ2) is 7.09. The Kier molecular flexibility index (Phi) is 6.02. The van der Waals surface area contributed by atoms with Crippen molar-refractivity contribution in [1.82, 2.24) is 10.6 Å². The summed E-state index contributed by atoms with van der Waals surface area (Å²) in [6.45, 7) is -1.02. The Morgan fingerprint density at radius 2 is 2.00 bits per heavy atom. The molecule has 1 rings (SSSR count). The first-order valence-electron chi connectivity index (χ1n) is 5.42. The van der Waals surface area contributed by atoms with Gasteiger partial charge >= 0.3 is 7.82 Å². The second-order valence-electron chi connectivity index (χ2n) is 3.93. The first-order chi connectivity index (χ1) is 9.24. The van der Waals surface area contributed by atoms with Gasteiger partial charge in [-0.25, -0.2) is 4.57 Å². The van der Waals surface area contributed by atoms with Crippen LogP contribution >= 0.6 is 7.82 Å². The van der Waals surface area contributed by atoms with Crippen molar-refractivity contribution in [3.05, 3.63) is 0 Å². The lowest BCUT2D eigenvalue weighted by Crippen LogP contribution is -2.46. The van der Waals surface area contributed by atoms with Crippen LogP contribution in [-0.4, -0.2) is 70.0 Å². The number of carbonyl (C=O) groups excluding carboxylic acids is 2. The number of phosphoric acid groups is 1. The SMILES string of the molecule is O=CNCC(=O)NC1O[C@H](COP(=O)(O)O)[C@@H](O)[C@H]1O. The number of aliphatic hydroxyl groups excluding tert-OH is 2. The molecule has 11 nitrogen and oxygen atoms in total. The Morgan fingerprint density at radius 3 is 2.55 bits per heavy atom. The van der Waals surface area contributed by atoms with Crippen LogP contribution in [0, 0.1) is 0 Å². The summed E-state index contributed by atoms with van der Waals surface area (Å²) < 4.78 is 19.7. The predicted octanol–water partition coefficient (Wildman–Crippen LogP) is -3.60. The van der Waals surface area contributed by atoms with Crippen molar-refractivity contribution in [2.45, 2.75) is 24.5 Å².